The fourth-order valence-electron chi connectivity index (χ4n) is 3.44. The number of carbonyl (C=O) groups is 3. The summed E-state index contributed by atoms with van der Waals surface area (Å²) in [5.74, 6) is -3.69. The van der Waals surface area contributed by atoms with E-state index in [4.69, 9.17) is 5.11 Å². The molecule has 0 aromatic heterocycles. The lowest BCUT2D eigenvalue weighted by Gasteiger charge is -2.23. The third-order valence-corrected chi connectivity index (χ3v) is 4.45. The number of allylic oxidation sites excluding steroid dienone is 2. The van der Waals surface area contributed by atoms with Gasteiger partial charge in [0, 0.05) is 5.69 Å². The highest BCUT2D eigenvalue weighted by Gasteiger charge is 2.51. The van der Waals surface area contributed by atoms with E-state index in [2.05, 4.69) is 5.32 Å². The highest BCUT2D eigenvalue weighted by atomic mass is 16.4. The largest absolute Gasteiger partial charge is 0.481 e. The molecule has 0 spiro atoms. The van der Waals surface area contributed by atoms with Crippen LogP contribution in [0.3, 0.4) is 0 Å². The van der Waals surface area contributed by atoms with Crippen molar-refractivity contribution in [3.63, 3.8) is 0 Å². The van der Waals surface area contributed by atoms with E-state index in [1.165, 1.54) is 24.3 Å². The summed E-state index contributed by atoms with van der Waals surface area (Å²) in [6.07, 6.45) is 4.50. The summed E-state index contributed by atoms with van der Waals surface area (Å²) in [6, 6.07) is 5.79. The van der Waals surface area contributed by atoms with Crippen molar-refractivity contribution in [3.8, 4) is 0 Å². The molecule has 1 aromatic carbocycles. The molecule has 1 fully saturated rings. The van der Waals surface area contributed by atoms with Crippen molar-refractivity contribution in [3.05, 3.63) is 42.0 Å². The number of hydrogen-bond acceptors (Lipinski definition) is 3. The van der Waals surface area contributed by atoms with E-state index in [0.29, 0.717) is 12.1 Å². The van der Waals surface area contributed by atoms with E-state index in [1.807, 2.05) is 12.2 Å². The first-order valence-corrected chi connectivity index (χ1v) is 7.02. The minimum absolute atomic E-state index is 0.0376. The number of aromatic carboxylic acids is 1. The number of aliphatic carboxylic acids is 1. The number of nitrogens with one attached hydrogen (secondary N) is 1. The number of anilines is 1. The summed E-state index contributed by atoms with van der Waals surface area (Å²) in [4.78, 5) is 34.6. The van der Waals surface area contributed by atoms with Crippen molar-refractivity contribution in [2.75, 3.05) is 5.32 Å². The molecule has 1 saturated carbocycles. The summed E-state index contributed by atoms with van der Waals surface area (Å²) in [6.45, 7) is 0. The first-order valence-electron chi connectivity index (χ1n) is 7.02. The van der Waals surface area contributed by atoms with Crippen LogP contribution in [0.25, 0.3) is 0 Å². The van der Waals surface area contributed by atoms with Gasteiger partial charge in [0.25, 0.3) is 0 Å². The van der Waals surface area contributed by atoms with Gasteiger partial charge in [0.05, 0.1) is 17.4 Å². The standard InChI is InChI=1S/C16H15NO5/c18-14(17-11-5-3-8(4-6-11)15(19)20)12-9-1-2-10(7-9)13(12)16(21)22/h1-6,9-10,12-13H,7H2,(H,17,18)(H,19,20)(H,21,22)/t9?,10?,12?,13-/m0/s1. The van der Waals surface area contributed by atoms with Crippen LogP contribution >= 0.6 is 0 Å². The van der Waals surface area contributed by atoms with Crippen LogP contribution in [0.15, 0.2) is 36.4 Å². The highest BCUT2D eigenvalue weighted by molar-refractivity contribution is 5.97. The summed E-state index contributed by atoms with van der Waals surface area (Å²) >= 11 is 0. The quantitative estimate of drug-likeness (QED) is 0.736. The van der Waals surface area contributed by atoms with Crippen LogP contribution in [-0.2, 0) is 9.59 Å². The van der Waals surface area contributed by atoms with Gasteiger partial charge in [-0.2, -0.15) is 0 Å². The Hall–Kier alpha value is -2.63. The lowest BCUT2D eigenvalue weighted by molar-refractivity contribution is -0.146. The van der Waals surface area contributed by atoms with Crippen molar-refractivity contribution in [2.45, 2.75) is 6.42 Å². The lowest BCUT2D eigenvalue weighted by atomic mass is 9.82. The van der Waals surface area contributed by atoms with Gasteiger partial charge >= 0.3 is 11.9 Å². The summed E-state index contributed by atoms with van der Waals surface area (Å²) in [5, 5.41) is 20.9. The zero-order chi connectivity index (χ0) is 15.9. The molecule has 2 aliphatic rings. The number of carboxylic acid groups (broad SMARTS) is 2. The van der Waals surface area contributed by atoms with Crippen molar-refractivity contribution < 1.29 is 24.6 Å². The number of amides is 1. The first kappa shape index (κ1) is 14.3. The number of carbonyl (C=O) groups excluding carboxylic acids is 1. The van der Waals surface area contributed by atoms with Gasteiger partial charge in [0.1, 0.15) is 0 Å². The Morgan fingerprint density at radius 1 is 0.955 bits per heavy atom. The Bertz CT molecular complexity index is 664. The second-order valence-corrected chi connectivity index (χ2v) is 5.71. The van der Waals surface area contributed by atoms with E-state index in [0.717, 1.165) is 0 Å². The van der Waals surface area contributed by atoms with Gasteiger partial charge in [-0.1, -0.05) is 12.2 Å². The zero-order valence-corrected chi connectivity index (χ0v) is 11.6. The van der Waals surface area contributed by atoms with Gasteiger partial charge in [-0.05, 0) is 42.5 Å². The molecule has 3 unspecified atom stereocenters. The van der Waals surface area contributed by atoms with Gasteiger partial charge in [-0.25, -0.2) is 4.79 Å². The Kier molecular flexibility index (Phi) is 3.44. The molecular weight excluding hydrogens is 286 g/mol. The van der Waals surface area contributed by atoms with Crippen LogP contribution in [0.1, 0.15) is 16.8 Å². The van der Waals surface area contributed by atoms with E-state index in [-0.39, 0.29) is 23.3 Å². The number of carboxylic acids is 2. The molecule has 2 aliphatic carbocycles. The molecule has 0 aliphatic heterocycles. The van der Waals surface area contributed by atoms with Gasteiger partial charge < -0.3 is 15.5 Å². The van der Waals surface area contributed by atoms with Gasteiger partial charge in [-0.3, -0.25) is 9.59 Å². The second kappa shape index (κ2) is 5.29. The molecule has 3 N–H and O–H groups in total. The number of fused-ring (bicyclic) bond motifs is 2. The molecule has 2 bridgehead atoms. The minimum Gasteiger partial charge on any atom is -0.481 e. The smallest absolute Gasteiger partial charge is 0.335 e. The van der Waals surface area contributed by atoms with E-state index >= 15 is 0 Å². The predicted octanol–water partition coefficient (Wildman–Crippen LogP) is 1.85. The maximum absolute atomic E-state index is 12.4. The van der Waals surface area contributed by atoms with Gasteiger partial charge in [0.15, 0.2) is 0 Å². The molecule has 3 rings (SSSR count). The number of rotatable bonds is 4. The number of hydrogen-bond donors (Lipinski definition) is 3. The molecule has 1 aromatic rings. The molecule has 22 heavy (non-hydrogen) atoms. The van der Waals surface area contributed by atoms with Crippen LogP contribution in [0.5, 0.6) is 0 Å². The molecule has 0 heterocycles. The third-order valence-electron chi connectivity index (χ3n) is 4.45. The third kappa shape index (κ3) is 2.36. The van der Waals surface area contributed by atoms with Crippen LogP contribution < -0.4 is 5.32 Å². The summed E-state index contributed by atoms with van der Waals surface area (Å²) in [7, 11) is 0. The lowest BCUT2D eigenvalue weighted by Crippen LogP contribution is -2.36. The van der Waals surface area contributed by atoms with Crippen molar-refractivity contribution in [1.29, 1.82) is 0 Å². The van der Waals surface area contributed by atoms with E-state index < -0.39 is 23.8 Å². The maximum Gasteiger partial charge on any atom is 0.335 e. The molecule has 114 valence electrons. The average Bonchev–Trinajstić information content (AvgIpc) is 3.08. The Balaban J connectivity index is 1.75. The van der Waals surface area contributed by atoms with Gasteiger partial charge in [0.2, 0.25) is 5.91 Å². The Morgan fingerprint density at radius 2 is 1.55 bits per heavy atom. The normalized spacial score (nSPS) is 28.5. The van der Waals surface area contributed by atoms with E-state index in [1.54, 1.807) is 0 Å². The Labute approximate surface area is 126 Å². The van der Waals surface area contributed by atoms with Crippen LogP contribution in [0, 0.1) is 23.7 Å². The fraction of sp³-hybridized carbons (Fsp3) is 0.312. The Morgan fingerprint density at radius 3 is 2.09 bits per heavy atom. The second-order valence-electron chi connectivity index (χ2n) is 5.71. The molecule has 1 amide bonds. The first-order chi connectivity index (χ1) is 10.5. The summed E-state index contributed by atoms with van der Waals surface area (Å²) in [5.41, 5.74) is 0.593. The van der Waals surface area contributed by atoms with Gasteiger partial charge in [-0.15, -0.1) is 0 Å². The molecular formula is C16H15NO5. The monoisotopic (exact) mass is 301 g/mol. The molecule has 6 nitrogen and oxygen atoms in total. The highest BCUT2D eigenvalue weighted by Crippen LogP contribution is 2.48. The van der Waals surface area contributed by atoms with Crippen molar-refractivity contribution >= 4 is 23.5 Å². The zero-order valence-electron chi connectivity index (χ0n) is 11.6. The predicted molar refractivity (Wildman–Crippen MR) is 77.4 cm³/mol. The minimum atomic E-state index is -1.04. The SMILES string of the molecule is O=C(O)c1ccc(NC(=O)C2C3C=CC(C3)[C@@H]2C(=O)O)cc1. The molecule has 6 heteroatoms. The van der Waals surface area contributed by atoms with Crippen molar-refractivity contribution in [1.82, 2.24) is 0 Å². The average molecular weight is 301 g/mol. The maximum atomic E-state index is 12.4. The van der Waals surface area contributed by atoms with E-state index in [9.17, 15) is 19.5 Å². The van der Waals surface area contributed by atoms with Crippen molar-refractivity contribution in [2.24, 2.45) is 23.7 Å². The number of benzene rings is 1. The molecule has 0 radical (unpaired) electrons. The fourth-order valence-corrected chi connectivity index (χ4v) is 3.44. The van der Waals surface area contributed by atoms with Crippen LogP contribution in [0.4, 0.5) is 5.69 Å². The van der Waals surface area contributed by atoms with Crippen LogP contribution in [-0.4, -0.2) is 28.1 Å². The molecule has 4 atom stereocenters. The van der Waals surface area contributed by atoms with Crippen LogP contribution in [0.2, 0.25) is 0 Å². The summed E-state index contributed by atoms with van der Waals surface area (Å²) < 4.78 is 0. The topological polar surface area (TPSA) is 104 Å². The molecule has 0 saturated heterocycles.